The number of allylic oxidation sites excluding steroid dienone is 10. The maximum absolute atomic E-state index is 12.1. The highest BCUT2D eigenvalue weighted by atomic mass is 16.1. The highest BCUT2D eigenvalue weighted by molar-refractivity contribution is 5.92. The first-order chi connectivity index (χ1) is 13.3. The first-order valence-corrected chi connectivity index (χ1v) is 10.3. The van der Waals surface area contributed by atoms with E-state index in [0.717, 1.165) is 11.1 Å². The second-order valence-corrected chi connectivity index (χ2v) is 8.55. The molecule has 0 N–H and O–H groups in total. The Labute approximate surface area is 171 Å². The molecular formula is C27H34O. The van der Waals surface area contributed by atoms with Crippen LogP contribution in [-0.4, -0.2) is 5.78 Å². The van der Waals surface area contributed by atoms with Crippen LogP contribution in [0, 0.1) is 5.41 Å². The summed E-state index contributed by atoms with van der Waals surface area (Å²) in [6, 6.07) is 9.87. The van der Waals surface area contributed by atoms with Crippen molar-refractivity contribution in [2.75, 3.05) is 0 Å². The Bertz CT molecular complexity index is 826. The molecule has 148 valence electrons. The van der Waals surface area contributed by atoms with Crippen molar-refractivity contribution in [3.05, 3.63) is 94.6 Å². The van der Waals surface area contributed by atoms with Gasteiger partial charge in [0.1, 0.15) is 0 Å². The van der Waals surface area contributed by atoms with Crippen molar-refractivity contribution >= 4 is 5.78 Å². The van der Waals surface area contributed by atoms with Gasteiger partial charge >= 0.3 is 0 Å². The summed E-state index contributed by atoms with van der Waals surface area (Å²) in [5, 5.41) is 0. The third-order valence-corrected chi connectivity index (χ3v) is 5.38. The minimum Gasteiger partial charge on any atom is -0.294 e. The molecule has 1 aliphatic carbocycles. The molecule has 0 bridgehead atoms. The van der Waals surface area contributed by atoms with E-state index in [4.69, 9.17) is 0 Å². The molecule has 0 atom stereocenters. The van der Waals surface area contributed by atoms with Crippen LogP contribution in [0.15, 0.2) is 89.1 Å². The fourth-order valence-electron chi connectivity index (χ4n) is 3.78. The molecular weight excluding hydrogens is 340 g/mol. The molecule has 1 heteroatoms. The van der Waals surface area contributed by atoms with Crippen LogP contribution in [0.1, 0.15) is 59.4 Å². The smallest absolute Gasteiger partial charge is 0.160 e. The van der Waals surface area contributed by atoms with Crippen molar-refractivity contribution in [2.45, 2.75) is 60.3 Å². The van der Waals surface area contributed by atoms with Crippen LogP contribution in [0.5, 0.6) is 0 Å². The molecule has 0 radical (unpaired) electrons. The first-order valence-electron chi connectivity index (χ1n) is 10.3. The Kier molecular flexibility index (Phi) is 7.99. The van der Waals surface area contributed by atoms with E-state index in [2.05, 4.69) is 45.9 Å². The number of hydrogen-bond acceptors (Lipinski definition) is 1. The zero-order valence-electron chi connectivity index (χ0n) is 18.1. The Morgan fingerprint density at radius 2 is 1.79 bits per heavy atom. The number of hydrogen-bond donors (Lipinski definition) is 0. The first kappa shape index (κ1) is 21.9. The van der Waals surface area contributed by atoms with Gasteiger partial charge in [-0.05, 0) is 68.2 Å². The average molecular weight is 375 g/mol. The van der Waals surface area contributed by atoms with E-state index >= 15 is 0 Å². The maximum Gasteiger partial charge on any atom is 0.160 e. The topological polar surface area (TPSA) is 17.1 Å². The maximum atomic E-state index is 12.1. The summed E-state index contributed by atoms with van der Waals surface area (Å²) in [6.45, 7) is 11.0. The van der Waals surface area contributed by atoms with Gasteiger partial charge in [-0.2, -0.15) is 0 Å². The van der Waals surface area contributed by atoms with Crippen molar-refractivity contribution < 1.29 is 4.79 Å². The molecule has 0 saturated carbocycles. The Balaban J connectivity index is 1.96. The average Bonchev–Trinajstić information content (AvgIpc) is 2.61. The zero-order chi connectivity index (χ0) is 20.6. The molecule has 1 aromatic carbocycles. The summed E-state index contributed by atoms with van der Waals surface area (Å²) < 4.78 is 0. The normalized spacial score (nSPS) is 18.3. The van der Waals surface area contributed by atoms with Gasteiger partial charge in [-0.3, -0.25) is 4.79 Å². The van der Waals surface area contributed by atoms with Gasteiger partial charge < -0.3 is 0 Å². The Hall–Kier alpha value is -2.41. The van der Waals surface area contributed by atoms with Crippen LogP contribution >= 0.6 is 0 Å². The van der Waals surface area contributed by atoms with Gasteiger partial charge in [0.2, 0.25) is 0 Å². The number of carbonyl (C=O) groups is 1. The molecule has 0 unspecified atom stereocenters. The number of ketones is 1. The molecule has 1 nitrogen and oxygen atoms in total. The third-order valence-electron chi connectivity index (χ3n) is 5.38. The second kappa shape index (κ2) is 10.2. The minimum atomic E-state index is 0.135. The summed E-state index contributed by atoms with van der Waals surface area (Å²) in [4.78, 5) is 12.1. The van der Waals surface area contributed by atoms with E-state index in [0.29, 0.717) is 6.42 Å². The van der Waals surface area contributed by atoms with Crippen molar-refractivity contribution in [1.82, 2.24) is 0 Å². The van der Waals surface area contributed by atoms with Crippen molar-refractivity contribution in [3.63, 3.8) is 0 Å². The van der Waals surface area contributed by atoms with E-state index in [9.17, 15) is 4.79 Å². The van der Waals surface area contributed by atoms with E-state index in [-0.39, 0.29) is 11.2 Å². The quantitative estimate of drug-likeness (QED) is 0.361. The molecule has 1 aromatic rings. The summed E-state index contributed by atoms with van der Waals surface area (Å²) >= 11 is 0. The van der Waals surface area contributed by atoms with Crippen LogP contribution in [0.25, 0.3) is 0 Å². The molecule has 0 aliphatic heterocycles. The summed E-state index contributed by atoms with van der Waals surface area (Å²) in [5.74, 6) is 0.135. The molecule has 1 aliphatic rings. The van der Waals surface area contributed by atoms with Gasteiger partial charge in [0.05, 0.1) is 0 Å². The van der Waals surface area contributed by atoms with E-state index in [1.807, 2.05) is 49.4 Å². The van der Waals surface area contributed by atoms with Gasteiger partial charge in [0.25, 0.3) is 0 Å². The lowest BCUT2D eigenvalue weighted by Crippen LogP contribution is -2.19. The molecule has 0 saturated heterocycles. The van der Waals surface area contributed by atoms with Gasteiger partial charge in [-0.25, -0.2) is 0 Å². The standard InChI is InChI=1S/C27H34O/c1-21(16-17-26-23(3)13-10-18-27(26,4)5)11-9-12-22(2)19-25(28)20-24-14-7-6-8-15-24/h6-9,11-12,14-17,19H,10,13,18,20H2,1-5H3/b12-9+,17-16+,21-11+,22-19+. The number of carbonyl (C=O) groups excluding carboxylic acids is 1. The highest BCUT2D eigenvalue weighted by Gasteiger charge is 2.26. The zero-order valence-corrected chi connectivity index (χ0v) is 18.1. The number of benzene rings is 1. The van der Waals surface area contributed by atoms with Gasteiger partial charge in [0, 0.05) is 6.42 Å². The van der Waals surface area contributed by atoms with Crippen LogP contribution < -0.4 is 0 Å². The summed E-state index contributed by atoms with van der Waals surface area (Å²) in [6.07, 6.45) is 16.6. The van der Waals surface area contributed by atoms with Gasteiger partial charge in [-0.1, -0.05) is 85.7 Å². The molecule has 0 fully saturated rings. The molecule has 28 heavy (non-hydrogen) atoms. The fraction of sp³-hybridized carbons (Fsp3) is 0.370. The van der Waals surface area contributed by atoms with Gasteiger partial charge in [-0.15, -0.1) is 0 Å². The lowest BCUT2D eigenvalue weighted by atomic mass is 9.72. The van der Waals surface area contributed by atoms with Crippen LogP contribution in [0.4, 0.5) is 0 Å². The summed E-state index contributed by atoms with van der Waals surface area (Å²) in [5.41, 5.74) is 6.51. The van der Waals surface area contributed by atoms with Crippen molar-refractivity contribution in [1.29, 1.82) is 0 Å². The molecule has 0 heterocycles. The monoisotopic (exact) mass is 374 g/mol. The van der Waals surface area contributed by atoms with Crippen LogP contribution in [0.3, 0.4) is 0 Å². The second-order valence-electron chi connectivity index (χ2n) is 8.55. The Morgan fingerprint density at radius 3 is 2.46 bits per heavy atom. The molecule has 0 spiro atoms. The van der Waals surface area contributed by atoms with E-state index < -0.39 is 0 Å². The van der Waals surface area contributed by atoms with E-state index in [1.54, 1.807) is 6.08 Å². The Morgan fingerprint density at radius 1 is 1.07 bits per heavy atom. The van der Waals surface area contributed by atoms with Crippen LogP contribution in [0.2, 0.25) is 0 Å². The lowest BCUT2D eigenvalue weighted by molar-refractivity contribution is -0.114. The largest absolute Gasteiger partial charge is 0.294 e. The third kappa shape index (κ3) is 6.96. The van der Waals surface area contributed by atoms with E-state index in [1.165, 1.54) is 36.0 Å². The predicted molar refractivity (Wildman–Crippen MR) is 121 cm³/mol. The molecule has 0 amide bonds. The predicted octanol–water partition coefficient (Wildman–Crippen LogP) is 7.33. The molecule has 0 aromatic heterocycles. The minimum absolute atomic E-state index is 0.135. The van der Waals surface area contributed by atoms with Crippen molar-refractivity contribution in [3.8, 4) is 0 Å². The van der Waals surface area contributed by atoms with Gasteiger partial charge in [0.15, 0.2) is 5.78 Å². The number of rotatable bonds is 7. The summed E-state index contributed by atoms with van der Waals surface area (Å²) in [7, 11) is 0. The highest BCUT2D eigenvalue weighted by Crippen LogP contribution is 2.40. The van der Waals surface area contributed by atoms with Crippen molar-refractivity contribution in [2.24, 2.45) is 5.41 Å². The SMILES string of the molecule is CC1=C(/C=C/C(C)=C/C=C/C(C)=C/C(=O)Cc2ccccc2)C(C)(C)CCC1. The fourth-order valence-corrected chi connectivity index (χ4v) is 3.78. The lowest BCUT2D eigenvalue weighted by Gasteiger charge is -2.32. The van der Waals surface area contributed by atoms with Crippen LogP contribution in [-0.2, 0) is 11.2 Å². The molecule has 2 rings (SSSR count).